The molecule has 0 aliphatic carbocycles. The fourth-order valence-corrected chi connectivity index (χ4v) is 0.860. The van der Waals surface area contributed by atoms with Crippen LogP contribution in [0.1, 0.15) is 13.3 Å². The molecule has 0 aromatic rings. The van der Waals surface area contributed by atoms with E-state index < -0.39 is 10.0 Å². The predicted octanol–water partition coefficient (Wildman–Crippen LogP) is 0.0582. The molecule has 0 aromatic heterocycles. The summed E-state index contributed by atoms with van der Waals surface area (Å²) in [6.07, 6.45) is 1.09. The summed E-state index contributed by atoms with van der Waals surface area (Å²) in [6, 6.07) is 0. The van der Waals surface area contributed by atoms with Crippen LogP contribution in [0, 0.1) is 0 Å². The van der Waals surface area contributed by atoms with Gasteiger partial charge >= 0.3 is 10.0 Å². The van der Waals surface area contributed by atoms with Crippen molar-refractivity contribution >= 4 is 10.0 Å². The van der Waals surface area contributed by atoms with Crippen LogP contribution in [0.4, 0.5) is 0 Å². The summed E-state index contributed by atoms with van der Waals surface area (Å²) in [5.41, 5.74) is 0. The third kappa shape index (κ3) is 6.14. The molecule has 0 aromatic carbocycles. The van der Waals surface area contributed by atoms with Gasteiger partial charge in [-0.25, -0.2) is 0 Å². The lowest BCUT2D eigenvalue weighted by Gasteiger charge is -1.95. The maximum Gasteiger partial charge on any atom is 0.304 e. The van der Waals surface area contributed by atoms with Gasteiger partial charge in [0, 0.05) is 13.7 Å². The van der Waals surface area contributed by atoms with E-state index in [0.29, 0.717) is 0 Å². The number of hydrogen-bond donors (Lipinski definition) is 0. The summed E-state index contributed by atoms with van der Waals surface area (Å²) in [5.74, 6) is 0. The molecule has 0 rings (SSSR count). The van der Waals surface area contributed by atoms with Gasteiger partial charge in [-0.15, -0.1) is 0 Å². The highest BCUT2D eigenvalue weighted by atomic mass is 28.3. The van der Waals surface area contributed by atoms with Crippen LogP contribution in [0.2, 0.25) is 0 Å². The van der Waals surface area contributed by atoms with E-state index in [2.05, 4.69) is 6.92 Å². The monoisotopic (exact) mass is 120 g/mol. The third-order valence-electron chi connectivity index (χ3n) is 0.550. The first-order valence-corrected chi connectivity index (χ1v) is 3.64. The average molecular weight is 120 g/mol. The van der Waals surface area contributed by atoms with Crippen molar-refractivity contribution in [3.05, 3.63) is 0 Å². The van der Waals surface area contributed by atoms with Gasteiger partial charge < -0.3 is 8.85 Å². The van der Waals surface area contributed by atoms with Crippen molar-refractivity contribution in [2.75, 3.05) is 13.7 Å². The Hall–Kier alpha value is 0.137. The number of rotatable bonds is 4. The highest BCUT2D eigenvalue weighted by Gasteiger charge is 1.79. The van der Waals surface area contributed by atoms with E-state index in [1.54, 1.807) is 7.11 Å². The van der Waals surface area contributed by atoms with E-state index in [1.807, 2.05) is 0 Å². The van der Waals surface area contributed by atoms with Gasteiger partial charge in [-0.2, -0.15) is 0 Å². The fourth-order valence-electron chi connectivity index (χ4n) is 0.287. The second kappa shape index (κ2) is 6.14. The smallest absolute Gasteiger partial charge is 0.304 e. The molecular weight excluding hydrogens is 108 g/mol. The zero-order valence-corrected chi connectivity index (χ0v) is 6.35. The Morgan fingerprint density at radius 2 is 2.29 bits per heavy atom. The standard InChI is InChI=1S/C4H12O2Si/c1-3-4-6-7-5-2/h3-4,7H2,1-2H3. The van der Waals surface area contributed by atoms with Gasteiger partial charge in [0.15, 0.2) is 0 Å². The van der Waals surface area contributed by atoms with Crippen LogP contribution in [-0.2, 0) is 8.85 Å². The molecule has 0 aliphatic rings. The van der Waals surface area contributed by atoms with Gasteiger partial charge in [0.2, 0.25) is 0 Å². The highest BCUT2D eigenvalue weighted by molar-refractivity contribution is 6.17. The van der Waals surface area contributed by atoms with Gasteiger partial charge in [0.1, 0.15) is 0 Å². The van der Waals surface area contributed by atoms with Crippen molar-refractivity contribution < 1.29 is 8.85 Å². The maximum atomic E-state index is 5.05. The molecular formula is C4H12O2Si. The Morgan fingerprint density at radius 1 is 1.57 bits per heavy atom. The summed E-state index contributed by atoms with van der Waals surface area (Å²) < 4.78 is 9.81. The van der Waals surface area contributed by atoms with Crippen LogP contribution < -0.4 is 0 Å². The Bertz CT molecular complexity index is 28.9. The summed E-state index contributed by atoms with van der Waals surface area (Å²) in [7, 11) is 1.09. The molecule has 0 fully saturated rings. The minimum absolute atomic E-state index is 0.589. The largest absolute Gasteiger partial charge is 0.402 e. The van der Waals surface area contributed by atoms with Crippen molar-refractivity contribution in [3.8, 4) is 0 Å². The van der Waals surface area contributed by atoms with Crippen molar-refractivity contribution in [2.24, 2.45) is 0 Å². The van der Waals surface area contributed by atoms with E-state index in [4.69, 9.17) is 8.85 Å². The Balaban J connectivity index is 2.45. The fraction of sp³-hybridized carbons (Fsp3) is 1.00. The molecule has 0 heterocycles. The summed E-state index contributed by atoms with van der Waals surface area (Å²) in [6.45, 7) is 2.95. The Labute approximate surface area is 46.9 Å². The van der Waals surface area contributed by atoms with Crippen molar-refractivity contribution in [3.63, 3.8) is 0 Å². The molecule has 0 bridgehead atoms. The lowest BCUT2D eigenvalue weighted by Crippen LogP contribution is -2.00. The molecule has 7 heavy (non-hydrogen) atoms. The molecule has 2 nitrogen and oxygen atoms in total. The van der Waals surface area contributed by atoms with Crippen LogP contribution in [0.3, 0.4) is 0 Å². The third-order valence-corrected chi connectivity index (χ3v) is 1.24. The topological polar surface area (TPSA) is 18.5 Å². The molecule has 44 valence electrons. The first kappa shape index (κ1) is 7.14. The van der Waals surface area contributed by atoms with Crippen LogP contribution >= 0.6 is 0 Å². The van der Waals surface area contributed by atoms with E-state index in [0.717, 1.165) is 13.0 Å². The van der Waals surface area contributed by atoms with Crippen LogP contribution in [0.25, 0.3) is 0 Å². The summed E-state index contributed by atoms with van der Waals surface area (Å²) >= 11 is 0. The summed E-state index contributed by atoms with van der Waals surface area (Å²) in [4.78, 5) is 0. The van der Waals surface area contributed by atoms with Gasteiger partial charge in [-0.1, -0.05) is 6.92 Å². The van der Waals surface area contributed by atoms with Gasteiger partial charge in [-0.3, -0.25) is 0 Å². The van der Waals surface area contributed by atoms with Crippen LogP contribution in [0.15, 0.2) is 0 Å². The molecule has 0 aliphatic heterocycles. The van der Waals surface area contributed by atoms with Crippen molar-refractivity contribution in [1.29, 1.82) is 0 Å². The average Bonchev–Trinajstić information content (AvgIpc) is 1.69. The molecule has 0 N–H and O–H groups in total. The lowest BCUT2D eigenvalue weighted by molar-refractivity contribution is 0.256. The molecule has 0 saturated heterocycles. The SMILES string of the molecule is CCCO[SiH2]OC. The molecule has 0 spiro atoms. The molecule has 0 atom stereocenters. The van der Waals surface area contributed by atoms with E-state index in [9.17, 15) is 0 Å². The van der Waals surface area contributed by atoms with Gasteiger partial charge in [0.25, 0.3) is 0 Å². The first-order chi connectivity index (χ1) is 3.41. The lowest BCUT2D eigenvalue weighted by atomic mass is 10.5. The van der Waals surface area contributed by atoms with E-state index in [1.165, 1.54) is 0 Å². The molecule has 0 radical (unpaired) electrons. The zero-order valence-electron chi connectivity index (χ0n) is 4.94. The highest BCUT2D eigenvalue weighted by Crippen LogP contribution is 1.75. The second-order valence-corrected chi connectivity index (χ2v) is 2.54. The van der Waals surface area contributed by atoms with Gasteiger partial charge in [0.05, 0.1) is 0 Å². The first-order valence-electron chi connectivity index (χ1n) is 2.48. The summed E-state index contributed by atoms with van der Waals surface area (Å²) in [5, 5.41) is 0. The molecule has 0 unspecified atom stereocenters. The Morgan fingerprint density at radius 3 is 2.71 bits per heavy atom. The Kier molecular flexibility index (Phi) is 6.26. The van der Waals surface area contributed by atoms with Crippen molar-refractivity contribution in [2.45, 2.75) is 13.3 Å². The minimum atomic E-state index is -0.589. The van der Waals surface area contributed by atoms with Gasteiger partial charge in [-0.05, 0) is 6.42 Å². The minimum Gasteiger partial charge on any atom is -0.402 e. The van der Waals surface area contributed by atoms with Crippen LogP contribution in [0.5, 0.6) is 0 Å². The van der Waals surface area contributed by atoms with E-state index >= 15 is 0 Å². The molecule has 3 heteroatoms. The zero-order chi connectivity index (χ0) is 5.54. The molecule has 0 amide bonds. The predicted molar refractivity (Wildman–Crippen MR) is 31.8 cm³/mol. The number of hydrogen-bond acceptors (Lipinski definition) is 2. The quantitative estimate of drug-likeness (QED) is 0.386. The van der Waals surface area contributed by atoms with Crippen molar-refractivity contribution in [1.82, 2.24) is 0 Å². The normalized spacial score (nSPS) is 11.1. The molecule has 0 saturated carbocycles. The van der Waals surface area contributed by atoms with Crippen LogP contribution in [-0.4, -0.2) is 23.7 Å². The maximum absolute atomic E-state index is 5.05. The second-order valence-electron chi connectivity index (χ2n) is 1.31. The van der Waals surface area contributed by atoms with E-state index in [-0.39, 0.29) is 0 Å².